The number of hydrogen-bond donors (Lipinski definition) is 2. The molecule has 1 amide bonds. The molecular formula is C20H22N4O2S2. The summed E-state index contributed by atoms with van der Waals surface area (Å²) in [4.78, 5) is 17.7. The molecule has 2 N–H and O–H groups in total. The molecule has 8 heteroatoms. The second-order valence-corrected chi connectivity index (χ2v) is 8.35. The van der Waals surface area contributed by atoms with Crippen LogP contribution in [-0.2, 0) is 4.79 Å². The Balaban J connectivity index is 1.53. The van der Waals surface area contributed by atoms with Crippen molar-refractivity contribution in [2.24, 2.45) is 5.10 Å². The Kier molecular flexibility index (Phi) is 7.02. The van der Waals surface area contributed by atoms with E-state index in [1.54, 1.807) is 23.5 Å². The Morgan fingerprint density at radius 2 is 2.07 bits per heavy atom. The van der Waals surface area contributed by atoms with Crippen molar-refractivity contribution in [1.29, 1.82) is 0 Å². The largest absolute Gasteiger partial charge is 0.872 e. The zero-order chi connectivity index (χ0) is 19.9. The van der Waals surface area contributed by atoms with Gasteiger partial charge in [-0.3, -0.25) is 4.79 Å². The number of para-hydroxylation sites is 1. The standard InChI is InChI=1S/C20H22N4O2S2/c1-3-24(4-2)15-10-9-14(17(25)11-15)12-21-23-19(26)13-27-20-22-16-7-5-6-8-18(16)28-20/h5-12,25H,3-4,13H2,1-2H3,(H,23,26). The van der Waals surface area contributed by atoms with E-state index in [9.17, 15) is 9.90 Å². The molecule has 0 saturated heterocycles. The molecule has 0 fully saturated rings. The molecule has 0 aliphatic rings. The number of rotatable bonds is 8. The molecule has 0 saturated carbocycles. The van der Waals surface area contributed by atoms with Gasteiger partial charge < -0.3 is 10.0 Å². The topological polar surface area (TPSA) is 81.8 Å². The number of carbonyl (C=O) groups excluding carboxylic acids is 1. The third-order valence-electron chi connectivity index (χ3n) is 4.27. The van der Waals surface area contributed by atoms with Crippen molar-refractivity contribution < 1.29 is 14.8 Å². The third kappa shape index (κ3) is 5.09. The lowest BCUT2D eigenvalue weighted by Gasteiger charge is -2.18. The number of aromatic nitrogens is 1. The minimum absolute atomic E-state index is 0.0984. The zero-order valence-corrected chi connectivity index (χ0v) is 17.4. The summed E-state index contributed by atoms with van der Waals surface area (Å²) in [5, 5.41) is 16.1. The van der Waals surface area contributed by atoms with E-state index >= 15 is 0 Å². The van der Waals surface area contributed by atoms with Crippen LogP contribution in [0.25, 0.3) is 10.2 Å². The summed E-state index contributed by atoms with van der Waals surface area (Å²) < 4.78 is 1.94. The fourth-order valence-corrected chi connectivity index (χ4v) is 4.63. The number of quaternary nitrogens is 1. The highest BCUT2D eigenvalue weighted by Gasteiger charge is 2.08. The number of nitrogens with one attached hydrogen (secondary N) is 2. The first kappa shape index (κ1) is 20.3. The van der Waals surface area contributed by atoms with Crippen LogP contribution in [-0.4, -0.2) is 35.9 Å². The van der Waals surface area contributed by atoms with Gasteiger partial charge in [0, 0.05) is 0 Å². The molecule has 0 atom stereocenters. The van der Waals surface area contributed by atoms with Crippen molar-refractivity contribution >= 4 is 51.1 Å². The number of hydrazone groups is 1. The van der Waals surface area contributed by atoms with Gasteiger partial charge in [0.15, 0.2) is 4.34 Å². The second-order valence-electron chi connectivity index (χ2n) is 6.09. The van der Waals surface area contributed by atoms with Crippen LogP contribution in [0, 0.1) is 0 Å². The molecule has 0 aliphatic heterocycles. The van der Waals surface area contributed by atoms with Crippen LogP contribution in [0.3, 0.4) is 0 Å². The van der Waals surface area contributed by atoms with Gasteiger partial charge in [-0.05, 0) is 49.7 Å². The van der Waals surface area contributed by atoms with Gasteiger partial charge in [-0.15, -0.1) is 11.3 Å². The van der Waals surface area contributed by atoms with Gasteiger partial charge >= 0.3 is 0 Å². The summed E-state index contributed by atoms with van der Waals surface area (Å²) >= 11 is 2.93. The van der Waals surface area contributed by atoms with Crippen LogP contribution < -0.4 is 15.4 Å². The molecular weight excluding hydrogens is 392 g/mol. The zero-order valence-electron chi connectivity index (χ0n) is 15.8. The summed E-state index contributed by atoms with van der Waals surface area (Å²) in [6, 6.07) is 13.2. The molecule has 2 aromatic carbocycles. The molecule has 28 heavy (non-hydrogen) atoms. The SMILES string of the molecule is CC[NH+](CC)c1ccc(C=NNC(=O)CSc2nc3ccccc3s2)c([O-])c1. The van der Waals surface area contributed by atoms with E-state index in [1.165, 1.54) is 22.9 Å². The Labute approximate surface area is 172 Å². The minimum atomic E-state index is -0.239. The average molecular weight is 415 g/mol. The Morgan fingerprint density at radius 3 is 2.79 bits per heavy atom. The Bertz CT molecular complexity index is 950. The highest BCUT2D eigenvalue weighted by Crippen LogP contribution is 2.29. The van der Waals surface area contributed by atoms with Gasteiger partial charge in [0.2, 0.25) is 0 Å². The molecule has 0 unspecified atom stereocenters. The number of amides is 1. The predicted octanol–water partition coefficient (Wildman–Crippen LogP) is 2.17. The predicted molar refractivity (Wildman–Crippen MR) is 114 cm³/mol. The van der Waals surface area contributed by atoms with Crippen LogP contribution >= 0.6 is 23.1 Å². The number of carbonyl (C=O) groups is 1. The quantitative estimate of drug-likeness (QED) is 0.336. The van der Waals surface area contributed by atoms with E-state index in [0.29, 0.717) is 5.56 Å². The molecule has 3 aromatic rings. The summed E-state index contributed by atoms with van der Waals surface area (Å²) in [5.74, 6) is -0.123. The van der Waals surface area contributed by atoms with Gasteiger partial charge in [0.1, 0.15) is 5.69 Å². The fraction of sp³-hybridized carbons (Fsp3) is 0.250. The third-order valence-corrected chi connectivity index (χ3v) is 6.45. The molecule has 1 heterocycles. The van der Waals surface area contributed by atoms with Gasteiger partial charge in [-0.1, -0.05) is 29.6 Å². The number of nitrogens with zero attached hydrogens (tertiary/aromatic N) is 2. The normalized spacial score (nSPS) is 11.5. The lowest BCUT2D eigenvalue weighted by Crippen LogP contribution is -3.06. The van der Waals surface area contributed by atoms with Crippen LogP contribution in [0.1, 0.15) is 19.4 Å². The van der Waals surface area contributed by atoms with E-state index < -0.39 is 0 Å². The Morgan fingerprint density at radius 1 is 1.29 bits per heavy atom. The first-order chi connectivity index (χ1) is 13.6. The van der Waals surface area contributed by atoms with Crippen molar-refractivity contribution in [3.63, 3.8) is 0 Å². The summed E-state index contributed by atoms with van der Waals surface area (Å²) in [7, 11) is 0. The smallest absolute Gasteiger partial charge is 0.250 e. The fourth-order valence-electron chi connectivity index (χ4n) is 2.77. The molecule has 0 aliphatic carbocycles. The van der Waals surface area contributed by atoms with Crippen LogP contribution in [0.2, 0.25) is 0 Å². The number of benzene rings is 2. The van der Waals surface area contributed by atoms with Gasteiger partial charge in [-0.25, -0.2) is 10.4 Å². The number of thioether (sulfide) groups is 1. The van der Waals surface area contributed by atoms with Crippen LogP contribution in [0.15, 0.2) is 51.9 Å². The van der Waals surface area contributed by atoms with Crippen LogP contribution in [0.4, 0.5) is 5.69 Å². The van der Waals surface area contributed by atoms with E-state index in [2.05, 4.69) is 29.4 Å². The molecule has 1 aromatic heterocycles. The lowest BCUT2D eigenvalue weighted by molar-refractivity contribution is -0.828. The first-order valence-corrected chi connectivity index (χ1v) is 10.9. The molecule has 0 spiro atoms. The van der Waals surface area contributed by atoms with Crippen molar-refractivity contribution in [2.45, 2.75) is 18.2 Å². The maximum atomic E-state index is 12.2. The molecule has 146 valence electrons. The number of hydrogen-bond acceptors (Lipinski definition) is 6. The minimum Gasteiger partial charge on any atom is -0.872 e. The number of fused-ring (bicyclic) bond motifs is 1. The monoisotopic (exact) mass is 414 g/mol. The maximum Gasteiger partial charge on any atom is 0.250 e. The van der Waals surface area contributed by atoms with E-state index in [-0.39, 0.29) is 17.4 Å². The van der Waals surface area contributed by atoms with E-state index in [4.69, 9.17) is 0 Å². The van der Waals surface area contributed by atoms with E-state index in [1.807, 2.05) is 30.3 Å². The van der Waals surface area contributed by atoms with Crippen molar-refractivity contribution in [2.75, 3.05) is 18.8 Å². The molecule has 3 rings (SSSR count). The summed E-state index contributed by atoms with van der Waals surface area (Å²) in [6.07, 6.45) is 1.39. The highest BCUT2D eigenvalue weighted by atomic mass is 32.2. The van der Waals surface area contributed by atoms with Crippen molar-refractivity contribution in [1.82, 2.24) is 10.4 Å². The first-order valence-electron chi connectivity index (χ1n) is 9.07. The van der Waals surface area contributed by atoms with Gasteiger partial charge in [0.05, 0.1) is 35.3 Å². The average Bonchev–Trinajstić information content (AvgIpc) is 3.12. The van der Waals surface area contributed by atoms with Crippen molar-refractivity contribution in [3.8, 4) is 5.75 Å². The number of thiazole rings is 1. The molecule has 0 radical (unpaired) electrons. The molecule has 6 nitrogen and oxygen atoms in total. The lowest BCUT2D eigenvalue weighted by atomic mass is 10.2. The maximum absolute atomic E-state index is 12.2. The second kappa shape index (κ2) is 9.68. The van der Waals surface area contributed by atoms with Crippen molar-refractivity contribution in [3.05, 3.63) is 48.0 Å². The van der Waals surface area contributed by atoms with Crippen LogP contribution in [0.5, 0.6) is 5.75 Å². The van der Waals surface area contributed by atoms with Gasteiger partial charge in [-0.2, -0.15) is 5.10 Å². The Hall–Kier alpha value is -2.42. The summed E-state index contributed by atoms with van der Waals surface area (Å²) in [5.41, 5.74) is 4.83. The summed E-state index contributed by atoms with van der Waals surface area (Å²) in [6.45, 7) is 6.01. The molecule has 0 bridgehead atoms. The van der Waals surface area contributed by atoms with Gasteiger partial charge in [0.25, 0.3) is 5.91 Å². The highest BCUT2D eigenvalue weighted by molar-refractivity contribution is 8.01. The van der Waals surface area contributed by atoms with E-state index in [0.717, 1.165) is 33.3 Å².